The van der Waals surface area contributed by atoms with E-state index in [9.17, 15) is 18.0 Å². The van der Waals surface area contributed by atoms with Crippen LogP contribution in [0, 0.1) is 0 Å². The molecule has 35 heavy (non-hydrogen) atoms. The second-order valence-electron chi connectivity index (χ2n) is 8.36. The Kier molecular flexibility index (Phi) is 5.99. The summed E-state index contributed by atoms with van der Waals surface area (Å²) in [6.45, 7) is 0. The maximum atomic E-state index is 13.0. The molecule has 0 bridgehead atoms. The molecule has 0 N–H and O–H groups in total. The summed E-state index contributed by atoms with van der Waals surface area (Å²) >= 11 is 0. The summed E-state index contributed by atoms with van der Waals surface area (Å²) < 4.78 is 39.1. The fraction of sp³-hybridized carbons (Fsp3) is 0.143. The van der Waals surface area contributed by atoms with Crippen molar-refractivity contribution in [3.8, 4) is 11.3 Å². The third-order valence-electron chi connectivity index (χ3n) is 5.95. The molecule has 5 rings (SSSR count). The van der Waals surface area contributed by atoms with Gasteiger partial charge in [0.1, 0.15) is 6.33 Å². The van der Waals surface area contributed by atoms with Crippen LogP contribution in [0.1, 0.15) is 44.0 Å². The quantitative estimate of drug-likeness (QED) is 0.317. The van der Waals surface area contributed by atoms with Gasteiger partial charge in [0.05, 0.1) is 22.6 Å². The van der Waals surface area contributed by atoms with Crippen molar-refractivity contribution in [3.05, 3.63) is 118 Å². The van der Waals surface area contributed by atoms with Crippen molar-refractivity contribution in [1.82, 2.24) is 15.0 Å². The first-order valence-corrected chi connectivity index (χ1v) is 11.1. The summed E-state index contributed by atoms with van der Waals surface area (Å²) in [4.78, 5) is 26.2. The van der Waals surface area contributed by atoms with Crippen molar-refractivity contribution in [2.45, 2.75) is 25.4 Å². The third kappa shape index (κ3) is 4.89. The zero-order chi connectivity index (χ0) is 24.4. The van der Waals surface area contributed by atoms with E-state index in [0.717, 1.165) is 57.9 Å². The Morgan fingerprint density at radius 1 is 0.914 bits per heavy atom. The lowest BCUT2D eigenvalue weighted by molar-refractivity contribution is -0.137. The van der Waals surface area contributed by atoms with Crippen LogP contribution >= 0.6 is 0 Å². The predicted octanol–water partition coefficient (Wildman–Crippen LogP) is 6.14. The molecule has 174 valence electrons. The lowest BCUT2D eigenvalue weighted by Crippen LogP contribution is -2.09. The number of benzene rings is 2. The minimum atomic E-state index is -4.49. The molecule has 0 unspecified atom stereocenters. The molecular formula is C28H20F3N3O. The largest absolute Gasteiger partial charge is 0.416 e. The number of carbonyl (C=O) groups excluding carboxylic acids is 1. The van der Waals surface area contributed by atoms with E-state index in [4.69, 9.17) is 0 Å². The van der Waals surface area contributed by atoms with Gasteiger partial charge in [0.25, 0.3) is 0 Å². The molecule has 0 saturated heterocycles. The molecule has 4 nitrogen and oxygen atoms in total. The number of hydrogen-bond donors (Lipinski definition) is 0. The number of nitrogens with zero attached hydrogens (tertiary/aromatic N) is 3. The third-order valence-corrected chi connectivity index (χ3v) is 5.95. The molecule has 7 heteroatoms. The minimum absolute atomic E-state index is 0.00837. The van der Waals surface area contributed by atoms with E-state index in [1.165, 1.54) is 12.1 Å². The van der Waals surface area contributed by atoms with Gasteiger partial charge in [-0.1, -0.05) is 48.6 Å². The molecule has 0 spiro atoms. The second-order valence-corrected chi connectivity index (χ2v) is 8.36. The van der Waals surface area contributed by atoms with Crippen LogP contribution in [-0.4, -0.2) is 20.7 Å². The summed E-state index contributed by atoms with van der Waals surface area (Å²) in [5.74, 6) is -0.366. The number of ketones is 1. The van der Waals surface area contributed by atoms with Crippen LogP contribution in [0.5, 0.6) is 0 Å². The van der Waals surface area contributed by atoms with Gasteiger partial charge < -0.3 is 0 Å². The fourth-order valence-electron chi connectivity index (χ4n) is 4.27. The zero-order valence-electron chi connectivity index (χ0n) is 18.6. The second kappa shape index (κ2) is 9.25. The van der Waals surface area contributed by atoms with Gasteiger partial charge in [0, 0.05) is 42.1 Å². The molecular weight excluding hydrogens is 451 g/mol. The minimum Gasteiger partial charge on any atom is -0.294 e. The molecule has 1 aliphatic carbocycles. The van der Waals surface area contributed by atoms with E-state index in [2.05, 4.69) is 21.0 Å². The van der Waals surface area contributed by atoms with Crippen LogP contribution in [0.25, 0.3) is 17.3 Å². The molecule has 0 radical (unpaired) electrons. The number of Topliss-reactive ketones (excluding diaryl/α,β-unsaturated/α-hetero) is 1. The van der Waals surface area contributed by atoms with E-state index in [1.807, 2.05) is 36.4 Å². The Morgan fingerprint density at radius 3 is 2.60 bits per heavy atom. The first-order chi connectivity index (χ1) is 16.9. The molecule has 1 aliphatic rings. The maximum absolute atomic E-state index is 13.0. The summed E-state index contributed by atoms with van der Waals surface area (Å²) in [7, 11) is 0. The summed E-state index contributed by atoms with van der Waals surface area (Å²) in [5.41, 5.74) is 5.48. The van der Waals surface area contributed by atoms with Crippen molar-refractivity contribution in [1.29, 1.82) is 0 Å². The number of rotatable bonds is 6. The van der Waals surface area contributed by atoms with Gasteiger partial charge in [-0.2, -0.15) is 13.2 Å². The number of halogens is 3. The van der Waals surface area contributed by atoms with Gasteiger partial charge in [-0.05, 0) is 35.4 Å². The summed E-state index contributed by atoms with van der Waals surface area (Å²) in [6.07, 6.45) is 4.21. The van der Waals surface area contributed by atoms with Gasteiger partial charge in [0.2, 0.25) is 0 Å². The smallest absolute Gasteiger partial charge is 0.294 e. The number of hydrogen-bond acceptors (Lipinski definition) is 4. The number of pyridine rings is 1. The first kappa shape index (κ1) is 22.7. The van der Waals surface area contributed by atoms with Crippen LogP contribution in [0.15, 0.2) is 79.3 Å². The van der Waals surface area contributed by atoms with Crippen molar-refractivity contribution in [2.75, 3.05) is 0 Å². The average molecular weight is 471 g/mol. The normalized spacial score (nSPS) is 12.5. The van der Waals surface area contributed by atoms with Crippen molar-refractivity contribution in [3.63, 3.8) is 0 Å². The Bertz CT molecular complexity index is 1440. The summed E-state index contributed by atoms with van der Waals surface area (Å²) in [5, 5.41) is 0. The molecule has 0 amide bonds. The monoisotopic (exact) mass is 471 g/mol. The molecule has 2 aromatic heterocycles. The molecule has 0 aliphatic heterocycles. The Labute approximate surface area is 200 Å². The number of carbonyl (C=O) groups is 1. The van der Waals surface area contributed by atoms with Gasteiger partial charge in [-0.3, -0.25) is 9.78 Å². The average Bonchev–Trinajstić information content (AvgIpc) is 3.33. The van der Waals surface area contributed by atoms with Crippen LogP contribution in [-0.2, 0) is 25.4 Å². The van der Waals surface area contributed by atoms with E-state index in [1.54, 1.807) is 18.6 Å². The SMILES string of the molecule is O=C(Cc1cccc(Cc2ncccc2-c2ncnc3c2C=CC3)c1)c1cccc(C(F)(F)F)c1. The highest BCUT2D eigenvalue weighted by Gasteiger charge is 2.30. The van der Waals surface area contributed by atoms with Crippen molar-refractivity contribution < 1.29 is 18.0 Å². The van der Waals surface area contributed by atoms with Crippen LogP contribution in [0.3, 0.4) is 0 Å². The number of aromatic nitrogens is 3. The van der Waals surface area contributed by atoms with Crippen LogP contribution in [0.4, 0.5) is 13.2 Å². The number of allylic oxidation sites excluding steroid dienone is 1. The highest BCUT2D eigenvalue weighted by atomic mass is 19.4. The maximum Gasteiger partial charge on any atom is 0.416 e. The van der Waals surface area contributed by atoms with Crippen LogP contribution < -0.4 is 0 Å². The van der Waals surface area contributed by atoms with Crippen molar-refractivity contribution in [2.24, 2.45) is 0 Å². The lowest BCUT2D eigenvalue weighted by Gasteiger charge is -2.12. The highest BCUT2D eigenvalue weighted by molar-refractivity contribution is 5.97. The van der Waals surface area contributed by atoms with Crippen molar-refractivity contribution >= 4 is 11.9 Å². The van der Waals surface area contributed by atoms with E-state index in [0.29, 0.717) is 6.42 Å². The van der Waals surface area contributed by atoms with E-state index in [-0.39, 0.29) is 17.8 Å². The number of fused-ring (bicyclic) bond motifs is 1. The van der Waals surface area contributed by atoms with E-state index < -0.39 is 11.7 Å². The topological polar surface area (TPSA) is 55.7 Å². The fourth-order valence-corrected chi connectivity index (χ4v) is 4.27. The highest BCUT2D eigenvalue weighted by Crippen LogP contribution is 2.31. The predicted molar refractivity (Wildman–Crippen MR) is 127 cm³/mol. The Hall–Kier alpha value is -4.13. The molecule has 4 aromatic rings. The zero-order valence-corrected chi connectivity index (χ0v) is 18.6. The van der Waals surface area contributed by atoms with Gasteiger partial charge >= 0.3 is 6.18 Å². The first-order valence-electron chi connectivity index (χ1n) is 11.1. The van der Waals surface area contributed by atoms with Gasteiger partial charge in [0.15, 0.2) is 5.78 Å². The van der Waals surface area contributed by atoms with Gasteiger partial charge in [-0.25, -0.2) is 9.97 Å². The molecule has 0 atom stereocenters. The standard InChI is InChI=1S/C28H20F3N3O/c29-28(30,31)21-8-2-7-20(16-21)26(35)15-19-6-1-5-18(13-19)14-25-23(10-4-12-32-25)27-22-9-3-11-24(22)33-17-34-27/h1-10,12-13,16-17H,11,14-15H2. The van der Waals surface area contributed by atoms with Crippen LogP contribution in [0.2, 0.25) is 0 Å². The Balaban J connectivity index is 1.39. The molecule has 2 aromatic carbocycles. The molecule has 2 heterocycles. The molecule has 0 fully saturated rings. The van der Waals surface area contributed by atoms with E-state index >= 15 is 0 Å². The number of alkyl halides is 3. The summed E-state index contributed by atoms with van der Waals surface area (Å²) in [6, 6.07) is 15.9. The van der Waals surface area contributed by atoms with Gasteiger partial charge in [-0.15, -0.1) is 0 Å². The lowest BCUT2D eigenvalue weighted by atomic mass is 9.96. The Morgan fingerprint density at radius 2 is 1.74 bits per heavy atom. The molecule has 0 saturated carbocycles.